The van der Waals surface area contributed by atoms with E-state index in [0.717, 1.165) is 23.2 Å². The number of hydrogen-bond donors (Lipinski definition) is 1. The molecule has 4 heterocycles. The van der Waals surface area contributed by atoms with Gasteiger partial charge in [0.15, 0.2) is 0 Å². The van der Waals surface area contributed by atoms with Crippen molar-refractivity contribution in [2.24, 2.45) is 0 Å². The maximum Gasteiger partial charge on any atom is 0.387 e. The Balaban J connectivity index is 0.000000447. The van der Waals surface area contributed by atoms with E-state index in [1.165, 1.54) is 12.8 Å². The van der Waals surface area contributed by atoms with Gasteiger partial charge in [0.25, 0.3) is 0 Å². The average Bonchev–Trinajstić information content (AvgIpc) is 2.75. The molecule has 1 N–H and O–H groups in total. The van der Waals surface area contributed by atoms with Crippen LogP contribution in [0.5, 0.6) is 5.75 Å². The molecular formula is C26H28F2N2O3. The quantitative estimate of drug-likeness (QED) is 0.497. The molecule has 1 atom stereocenters. The Labute approximate surface area is 192 Å². The lowest BCUT2D eigenvalue weighted by Crippen LogP contribution is -2.52. The Bertz CT molecular complexity index is 982. The molecule has 1 saturated carbocycles. The van der Waals surface area contributed by atoms with Crippen LogP contribution in [0.25, 0.3) is 0 Å². The summed E-state index contributed by atoms with van der Waals surface area (Å²) in [6.45, 7) is -2.76. The van der Waals surface area contributed by atoms with Gasteiger partial charge < -0.3 is 14.6 Å². The molecule has 6 rings (SSSR count). The van der Waals surface area contributed by atoms with Crippen LogP contribution < -0.4 is 4.74 Å². The molecular weight excluding hydrogens is 426 g/mol. The number of rotatable bonds is 9. The minimum absolute atomic E-state index is 0.130. The molecule has 3 fully saturated rings. The van der Waals surface area contributed by atoms with Gasteiger partial charge in [0, 0.05) is 42.4 Å². The largest absolute Gasteiger partial charge is 0.435 e. The summed E-state index contributed by atoms with van der Waals surface area (Å²) in [6, 6.07) is 14.5. The van der Waals surface area contributed by atoms with Gasteiger partial charge in [0.1, 0.15) is 5.75 Å². The minimum atomic E-state index is -2.89. The third-order valence-corrected chi connectivity index (χ3v) is 5.96. The summed E-state index contributed by atoms with van der Waals surface area (Å²) in [7, 11) is 0. The number of nitrogens with zero attached hydrogens (tertiary/aromatic N) is 2. The van der Waals surface area contributed by atoms with Crippen molar-refractivity contribution in [3.63, 3.8) is 0 Å². The van der Waals surface area contributed by atoms with Crippen molar-refractivity contribution < 1.29 is 23.4 Å². The highest BCUT2D eigenvalue weighted by Crippen LogP contribution is 2.39. The van der Waals surface area contributed by atoms with E-state index < -0.39 is 6.61 Å². The predicted molar refractivity (Wildman–Crippen MR) is 120 cm³/mol. The summed E-state index contributed by atoms with van der Waals surface area (Å²) in [6.07, 6.45) is 11.3. The van der Waals surface area contributed by atoms with E-state index in [1.54, 1.807) is 36.8 Å². The smallest absolute Gasteiger partial charge is 0.387 e. The van der Waals surface area contributed by atoms with Gasteiger partial charge in [-0.15, -0.1) is 0 Å². The number of pyridine rings is 2. The van der Waals surface area contributed by atoms with Gasteiger partial charge >= 0.3 is 6.61 Å². The second kappa shape index (κ2) is 11.3. The fourth-order valence-corrected chi connectivity index (χ4v) is 3.94. The van der Waals surface area contributed by atoms with Crippen LogP contribution in [0, 0.1) is 0 Å². The van der Waals surface area contributed by atoms with Gasteiger partial charge in [-0.2, -0.15) is 8.78 Å². The number of aryl methyl sites for hydroxylation is 1. The zero-order valence-electron chi connectivity index (χ0n) is 18.3. The molecule has 2 aromatic heterocycles. The second-order valence-electron chi connectivity index (χ2n) is 8.30. The Morgan fingerprint density at radius 3 is 2.27 bits per heavy atom. The van der Waals surface area contributed by atoms with Gasteiger partial charge in [0.2, 0.25) is 0 Å². The van der Waals surface area contributed by atoms with E-state index >= 15 is 0 Å². The standard InChI is InChI=1S/C22H22F2N2O2.C4H6O/c23-22(24)28-21-6-2-1-5-18(21)19(14-16-9-11-25-12-10-16)20-8-7-17(15-26-20)4-3-13-27;1-3-2-4(1)5-3/h1-2,5-12,15,19,22,27H,3-4,13-14H2;3-4H,1-2H2. The molecule has 1 aromatic carbocycles. The van der Waals surface area contributed by atoms with Crippen LogP contribution in [0.1, 0.15) is 47.6 Å². The van der Waals surface area contributed by atoms with Gasteiger partial charge in [-0.25, -0.2) is 0 Å². The first-order valence-electron chi connectivity index (χ1n) is 11.3. The maximum absolute atomic E-state index is 12.9. The van der Waals surface area contributed by atoms with Crippen molar-refractivity contribution in [2.45, 2.75) is 56.8 Å². The zero-order chi connectivity index (χ0) is 23.0. The summed E-state index contributed by atoms with van der Waals surface area (Å²) in [5, 5.41) is 8.98. The fraction of sp³-hybridized carbons (Fsp3) is 0.385. The van der Waals surface area contributed by atoms with Crippen LogP contribution in [0.2, 0.25) is 0 Å². The van der Waals surface area contributed by atoms with Gasteiger partial charge in [-0.05, 0) is 67.5 Å². The van der Waals surface area contributed by atoms with E-state index in [2.05, 4.69) is 9.97 Å². The third-order valence-electron chi connectivity index (χ3n) is 5.96. The first-order chi connectivity index (χ1) is 16.1. The minimum Gasteiger partial charge on any atom is -0.435 e. The summed E-state index contributed by atoms with van der Waals surface area (Å²) in [5.74, 6) is -0.0908. The third kappa shape index (κ3) is 6.33. The maximum atomic E-state index is 12.9. The van der Waals surface area contributed by atoms with Crippen LogP contribution in [-0.2, 0) is 17.6 Å². The number of halogens is 2. The molecule has 1 aliphatic carbocycles. The molecule has 3 aliphatic rings. The lowest BCUT2D eigenvalue weighted by atomic mass is 9.84. The number of aromatic nitrogens is 2. The predicted octanol–water partition coefficient (Wildman–Crippen LogP) is 4.93. The summed E-state index contributed by atoms with van der Waals surface area (Å²) in [4.78, 5) is 8.62. The van der Waals surface area contributed by atoms with E-state index in [4.69, 9.17) is 14.6 Å². The van der Waals surface area contributed by atoms with Crippen molar-refractivity contribution in [1.82, 2.24) is 9.97 Å². The molecule has 0 spiro atoms. The van der Waals surface area contributed by atoms with Crippen LogP contribution in [-0.4, -0.2) is 40.5 Å². The van der Waals surface area contributed by atoms with Crippen molar-refractivity contribution >= 4 is 0 Å². The molecule has 3 aromatic rings. The number of hydrogen-bond acceptors (Lipinski definition) is 5. The number of ether oxygens (including phenoxy) is 2. The summed E-state index contributed by atoms with van der Waals surface area (Å²) in [5.41, 5.74) is 3.49. The monoisotopic (exact) mass is 454 g/mol. The Kier molecular flexibility index (Phi) is 7.96. The molecule has 5 nitrogen and oxygen atoms in total. The summed E-state index contributed by atoms with van der Waals surface area (Å²) >= 11 is 0. The number of aliphatic hydroxyl groups excluding tert-OH is 1. The highest BCUT2D eigenvalue weighted by Gasteiger charge is 2.43. The van der Waals surface area contributed by atoms with Crippen molar-refractivity contribution in [1.29, 1.82) is 0 Å². The Morgan fingerprint density at radius 1 is 1.00 bits per heavy atom. The highest BCUT2D eigenvalue weighted by atomic mass is 19.3. The molecule has 174 valence electrons. The first kappa shape index (κ1) is 23.3. The molecule has 0 radical (unpaired) electrons. The Hall–Kier alpha value is -2.90. The average molecular weight is 455 g/mol. The van der Waals surface area contributed by atoms with Gasteiger partial charge in [0.05, 0.1) is 12.2 Å². The van der Waals surface area contributed by atoms with Crippen LogP contribution in [0.4, 0.5) is 8.78 Å². The van der Waals surface area contributed by atoms with Crippen LogP contribution >= 0.6 is 0 Å². The normalized spacial score (nSPS) is 19.0. The molecule has 2 aliphatic heterocycles. The van der Waals surface area contributed by atoms with Crippen LogP contribution in [0.15, 0.2) is 67.1 Å². The van der Waals surface area contributed by atoms with Gasteiger partial charge in [-0.3, -0.25) is 9.97 Å². The number of aliphatic hydroxyl groups is 1. The first-order valence-corrected chi connectivity index (χ1v) is 11.3. The van der Waals surface area contributed by atoms with Crippen molar-refractivity contribution in [2.75, 3.05) is 6.61 Å². The van der Waals surface area contributed by atoms with Crippen LogP contribution in [0.3, 0.4) is 0 Å². The summed E-state index contributed by atoms with van der Waals surface area (Å²) < 4.78 is 35.6. The van der Waals surface area contributed by atoms with Crippen molar-refractivity contribution in [3.8, 4) is 5.75 Å². The number of benzene rings is 1. The van der Waals surface area contributed by atoms with E-state index in [9.17, 15) is 8.78 Å². The van der Waals surface area contributed by atoms with E-state index in [1.807, 2.05) is 30.3 Å². The highest BCUT2D eigenvalue weighted by molar-refractivity contribution is 5.42. The lowest BCUT2D eigenvalue weighted by Gasteiger charge is -2.49. The Morgan fingerprint density at radius 2 is 1.70 bits per heavy atom. The second-order valence-corrected chi connectivity index (χ2v) is 8.30. The zero-order valence-corrected chi connectivity index (χ0v) is 18.3. The fourth-order valence-electron chi connectivity index (χ4n) is 3.94. The molecule has 7 heteroatoms. The van der Waals surface area contributed by atoms with E-state index in [0.29, 0.717) is 30.6 Å². The van der Waals surface area contributed by atoms with E-state index in [-0.39, 0.29) is 18.3 Å². The lowest BCUT2D eigenvalue weighted by molar-refractivity contribution is -0.237. The molecule has 2 bridgehead atoms. The topological polar surface area (TPSA) is 64.5 Å². The molecule has 1 unspecified atom stereocenters. The van der Waals surface area contributed by atoms with Gasteiger partial charge in [-0.1, -0.05) is 24.3 Å². The molecule has 2 saturated heterocycles. The number of alkyl halides is 2. The molecule has 0 amide bonds. The molecule has 33 heavy (non-hydrogen) atoms. The van der Waals surface area contributed by atoms with Crippen molar-refractivity contribution in [3.05, 3.63) is 89.5 Å². The SMILES string of the molecule is C1C2CC1O2.OCCCc1ccc(C(Cc2ccncc2)c2ccccc2OC(F)F)nc1. The number of para-hydroxylation sites is 1.